The summed E-state index contributed by atoms with van der Waals surface area (Å²) in [5.74, 6) is -0.255. The molecule has 0 amide bonds. The maximum Gasteiger partial charge on any atom is 0.326 e. The molecule has 0 saturated carbocycles. The quantitative estimate of drug-likeness (QED) is 0.261. The van der Waals surface area contributed by atoms with Crippen molar-refractivity contribution in [2.24, 2.45) is 0 Å². The van der Waals surface area contributed by atoms with Crippen molar-refractivity contribution in [1.29, 1.82) is 0 Å². The molecule has 1 rings (SSSR count). The molecule has 0 fully saturated rings. The molecule has 0 bridgehead atoms. The lowest BCUT2D eigenvalue weighted by molar-refractivity contribution is -0.131. The van der Waals surface area contributed by atoms with E-state index >= 15 is 0 Å². The van der Waals surface area contributed by atoms with Gasteiger partial charge in [0.25, 0.3) is 0 Å². The zero-order chi connectivity index (χ0) is 13.5. The first kappa shape index (κ1) is 14.3. The van der Waals surface area contributed by atoms with Gasteiger partial charge in [-0.2, -0.15) is 0 Å². The van der Waals surface area contributed by atoms with E-state index in [1.807, 2.05) is 0 Å². The van der Waals surface area contributed by atoms with E-state index in [0.717, 1.165) is 0 Å². The molecule has 0 aliphatic rings. The molecule has 0 aliphatic carbocycles. The number of hydrogen-bond donors (Lipinski definition) is 0. The van der Waals surface area contributed by atoms with E-state index in [2.05, 4.69) is 6.58 Å². The van der Waals surface area contributed by atoms with Crippen molar-refractivity contribution in [3.05, 3.63) is 35.9 Å². The fraction of sp³-hybridized carbons (Fsp3) is 0.231. The van der Waals surface area contributed by atoms with Crippen LogP contribution in [0.4, 0.5) is 0 Å². The standard InChI is InChI=1S/C13H13ClO4/c1-3-4-10-5-9(8-15)6-11(17-2)13(10)18-12(16)7-14/h3,5-6,8H,1,4,7H2,2H3. The minimum absolute atomic E-state index is 0.258. The first-order valence-corrected chi connectivity index (χ1v) is 5.73. The lowest BCUT2D eigenvalue weighted by Crippen LogP contribution is -2.11. The minimum atomic E-state index is -0.584. The third kappa shape index (κ3) is 3.34. The van der Waals surface area contributed by atoms with Crippen LogP contribution in [0.5, 0.6) is 11.5 Å². The lowest BCUT2D eigenvalue weighted by atomic mass is 10.1. The van der Waals surface area contributed by atoms with Crippen LogP contribution in [0.15, 0.2) is 24.8 Å². The zero-order valence-corrected chi connectivity index (χ0v) is 10.7. The predicted octanol–water partition coefficient (Wildman–Crippen LogP) is 2.38. The molecule has 0 unspecified atom stereocenters. The number of alkyl halides is 1. The minimum Gasteiger partial charge on any atom is -0.493 e. The van der Waals surface area contributed by atoms with Crippen LogP contribution >= 0.6 is 11.6 Å². The van der Waals surface area contributed by atoms with Crippen molar-refractivity contribution in [3.63, 3.8) is 0 Å². The number of aldehydes is 1. The second kappa shape index (κ2) is 6.81. The molecule has 0 heterocycles. The highest BCUT2D eigenvalue weighted by molar-refractivity contribution is 6.26. The van der Waals surface area contributed by atoms with E-state index in [4.69, 9.17) is 21.1 Å². The normalized spacial score (nSPS) is 9.67. The molecule has 0 aromatic heterocycles. The molecule has 0 atom stereocenters. The third-order valence-electron chi connectivity index (χ3n) is 2.20. The number of methoxy groups -OCH3 is 1. The van der Waals surface area contributed by atoms with E-state index in [-0.39, 0.29) is 11.6 Å². The Morgan fingerprint density at radius 3 is 2.72 bits per heavy atom. The third-order valence-corrected chi connectivity index (χ3v) is 2.42. The summed E-state index contributed by atoms with van der Waals surface area (Å²) in [7, 11) is 1.43. The van der Waals surface area contributed by atoms with Gasteiger partial charge in [-0.25, -0.2) is 0 Å². The summed E-state index contributed by atoms with van der Waals surface area (Å²) in [4.78, 5) is 22.1. The van der Waals surface area contributed by atoms with Crippen LogP contribution in [0, 0.1) is 0 Å². The highest BCUT2D eigenvalue weighted by Crippen LogP contribution is 2.33. The summed E-state index contributed by atoms with van der Waals surface area (Å²) < 4.78 is 10.2. The van der Waals surface area contributed by atoms with Gasteiger partial charge in [-0.3, -0.25) is 9.59 Å². The van der Waals surface area contributed by atoms with Crippen molar-refractivity contribution in [2.45, 2.75) is 6.42 Å². The Morgan fingerprint density at radius 1 is 1.50 bits per heavy atom. The Hall–Kier alpha value is -1.81. The smallest absolute Gasteiger partial charge is 0.326 e. The summed E-state index contributed by atoms with van der Waals surface area (Å²) in [5, 5.41) is 0. The number of hydrogen-bond acceptors (Lipinski definition) is 4. The number of halogens is 1. The van der Waals surface area contributed by atoms with Crippen molar-refractivity contribution < 1.29 is 19.1 Å². The molecule has 0 spiro atoms. The average Bonchev–Trinajstić information content (AvgIpc) is 2.40. The Kier molecular flexibility index (Phi) is 5.39. The van der Waals surface area contributed by atoms with Gasteiger partial charge in [-0.15, -0.1) is 18.2 Å². The van der Waals surface area contributed by atoms with Crippen molar-refractivity contribution in [3.8, 4) is 11.5 Å². The van der Waals surface area contributed by atoms with Gasteiger partial charge in [0.2, 0.25) is 0 Å². The Bertz CT molecular complexity index is 468. The maximum atomic E-state index is 11.3. The van der Waals surface area contributed by atoms with Crippen molar-refractivity contribution >= 4 is 23.9 Å². The highest BCUT2D eigenvalue weighted by Gasteiger charge is 2.15. The Morgan fingerprint density at radius 2 is 2.22 bits per heavy atom. The second-order valence-electron chi connectivity index (χ2n) is 3.43. The number of allylic oxidation sites excluding steroid dienone is 1. The van der Waals surface area contributed by atoms with E-state index in [0.29, 0.717) is 29.6 Å². The molecular formula is C13H13ClO4. The maximum absolute atomic E-state index is 11.3. The first-order valence-electron chi connectivity index (χ1n) is 5.19. The van der Waals surface area contributed by atoms with Gasteiger partial charge in [-0.05, 0) is 18.6 Å². The fourth-order valence-corrected chi connectivity index (χ4v) is 1.52. The summed E-state index contributed by atoms with van der Waals surface area (Å²) in [5.41, 5.74) is 1.08. The van der Waals surface area contributed by atoms with E-state index in [1.165, 1.54) is 13.2 Å². The summed E-state index contributed by atoms with van der Waals surface area (Å²) in [6.07, 6.45) is 2.78. The van der Waals surface area contributed by atoms with Crippen molar-refractivity contribution in [1.82, 2.24) is 0 Å². The molecule has 5 heteroatoms. The van der Waals surface area contributed by atoms with Gasteiger partial charge in [0.1, 0.15) is 12.2 Å². The number of benzene rings is 1. The van der Waals surface area contributed by atoms with Gasteiger partial charge in [0.05, 0.1) is 7.11 Å². The van der Waals surface area contributed by atoms with Crippen LogP contribution in [0.1, 0.15) is 15.9 Å². The van der Waals surface area contributed by atoms with Crippen LogP contribution in [0.3, 0.4) is 0 Å². The highest BCUT2D eigenvalue weighted by atomic mass is 35.5. The summed E-state index contributed by atoms with van der Waals surface area (Å²) in [6.45, 7) is 3.61. The Labute approximate surface area is 110 Å². The topological polar surface area (TPSA) is 52.6 Å². The molecule has 0 radical (unpaired) electrons. The van der Waals surface area contributed by atoms with E-state index in [9.17, 15) is 9.59 Å². The number of esters is 1. The van der Waals surface area contributed by atoms with Gasteiger partial charge in [-0.1, -0.05) is 6.08 Å². The molecule has 1 aromatic carbocycles. The van der Waals surface area contributed by atoms with Crippen LogP contribution < -0.4 is 9.47 Å². The predicted molar refractivity (Wildman–Crippen MR) is 68.6 cm³/mol. The number of ether oxygens (including phenoxy) is 2. The molecule has 0 saturated heterocycles. The van der Waals surface area contributed by atoms with Crippen LogP contribution in [0.2, 0.25) is 0 Å². The monoisotopic (exact) mass is 268 g/mol. The van der Waals surface area contributed by atoms with Crippen molar-refractivity contribution in [2.75, 3.05) is 13.0 Å². The number of rotatable bonds is 6. The largest absolute Gasteiger partial charge is 0.493 e. The number of carbonyl (C=O) groups excluding carboxylic acids is 2. The van der Waals surface area contributed by atoms with Gasteiger partial charge < -0.3 is 9.47 Å². The van der Waals surface area contributed by atoms with Gasteiger partial charge >= 0.3 is 5.97 Å². The van der Waals surface area contributed by atoms with Gasteiger partial charge in [0, 0.05) is 11.1 Å². The zero-order valence-electron chi connectivity index (χ0n) is 9.94. The molecule has 0 aliphatic heterocycles. The van der Waals surface area contributed by atoms with Crippen LogP contribution in [0.25, 0.3) is 0 Å². The van der Waals surface area contributed by atoms with Gasteiger partial charge in [0.15, 0.2) is 11.5 Å². The molecule has 18 heavy (non-hydrogen) atoms. The van der Waals surface area contributed by atoms with E-state index in [1.54, 1.807) is 12.1 Å². The molecule has 4 nitrogen and oxygen atoms in total. The Balaban J connectivity index is 3.28. The lowest BCUT2D eigenvalue weighted by Gasteiger charge is -2.13. The summed E-state index contributed by atoms with van der Waals surface area (Å²) >= 11 is 5.39. The van der Waals surface area contributed by atoms with Crippen LogP contribution in [-0.2, 0) is 11.2 Å². The first-order chi connectivity index (χ1) is 8.65. The summed E-state index contributed by atoms with van der Waals surface area (Å²) in [6, 6.07) is 3.12. The average molecular weight is 269 g/mol. The SMILES string of the molecule is C=CCc1cc(C=O)cc(OC)c1OC(=O)CCl. The fourth-order valence-electron chi connectivity index (χ4n) is 1.47. The molecule has 1 aromatic rings. The molecular weight excluding hydrogens is 256 g/mol. The van der Waals surface area contributed by atoms with Crippen LogP contribution in [-0.4, -0.2) is 25.2 Å². The van der Waals surface area contributed by atoms with E-state index < -0.39 is 5.97 Å². The molecule has 0 N–H and O–H groups in total. The second-order valence-corrected chi connectivity index (χ2v) is 3.70. The molecule has 96 valence electrons. The number of carbonyl (C=O) groups is 2.